The van der Waals surface area contributed by atoms with Crippen LogP contribution in [-0.2, 0) is 0 Å². The van der Waals surface area contributed by atoms with Crippen molar-refractivity contribution in [2.24, 2.45) is 0 Å². The SMILES string of the molecule is Cc1cc(C)n(-c2nc3cc(NC(=O)c4ccc(Cl)cc4Cl)ccc3s2)n1. The molecule has 1 amide bonds. The molecule has 0 aliphatic carbocycles. The summed E-state index contributed by atoms with van der Waals surface area (Å²) >= 11 is 13.5. The maximum Gasteiger partial charge on any atom is 0.257 e. The van der Waals surface area contributed by atoms with E-state index in [1.807, 2.05) is 42.8 Å². The number of halogens is 2. The van der Waals surface area contributed by atoms with E-state index in [0.717, 1.165) is 26.7 Å². The smallest absolute Gasteiger partial charge is 0.257 e. The zero-order valence-corrected chi connectivity index (χ0v) is 16.8. The Labute approximate surface area is 169 Å². The molecule has 0 atom stereocenters. The molecule has 2 heterocycles. The van der Waals surface area contributed by atoms with E-state index in [1.54, 1.807) is 29.5 Å². The van der Waals surface area contributed by atoms with Gasteiger partial charge in [-0.3, -0.25) is 4.79 Å². The first kappa shape index (κ1) is 18.0. The molecule has 0 saturated carbocycles. The van der Waals surface area contributed by atoms with E-state index in [0.29, 0.717) is 21.3 Å². The summed E-state index contributed by atoms with van der Waals surface area (Å²) in [6, 6.07) is 12.4. The number of amides is 1. The Hall–Kier alpha value is -2.41. The molecule has 0 aliphatic rings. The van der Waals surface area contributed by atoms with Crippen molar-refractivity contribution in [3.05, 3.63) is 69.5 Å². The van der Waals surface area contributed by atoms with Crippen LogP contribution in [0.25, 0.3) is 15.3 Å². The first-order valence-electron chi connectivity index (χ1n) is 8.11. The first-order chi connectivity index (χ1) is 12.9. The van der Waals surface area contributed by atoms with Gasteiger partial charge >= 0.3 is 0 Å². The molecule has 27 heavy (non-hydrogen) atoms. The Morgan fingerprint density at radius 1 is 1.11 bits per heavy atom. The normalized spacial score (nSPS) is 11.1. The molecule has 0 radical (unpaired) electrons. The summed E-state index contributed by atoms with van der Waals surface area (Å²) in [5.74, 6) is -0.301. The number of carbonyl (C=O) groups is 1. The van der Waals surface area contributed by atoms with Crippen LogP contribution in [0.2, 0.25) is 10.0 Å². The molecule has 0 bridgehead atoms. The fraction of sp³-hybridized carbons (Fsp3) is 0.105. The van der Waals surface area contributed by atoms with E-state index >= 15 is 0 Å². The van der Waals surface area contributed by atoms with Gasteiger partial charge in [0.2, 0.25) is 5.13 Å². The van der Waals surface area contributed by atoms with Crippen molar-refractivity contribution in [2.45, 2.75) is 13.8 Å². The molecule has 2 aromatic heterocycles. The summed E-state index contributed by atoms with van der Waals surface area (Å²) in [6.45, 7) is 3.94. The molecular weight excluding hydrogens is 403 g/mol. The average molecular weight is 417 g/mol. The topological polar surface area (TPSA) is 59.8 Å². The molecule has 5 nitrogen and oxygen atoms in total. The highest BCUT2D eigenvalue weighted by Gasteiger charge is 2.13. The number of aromatic nitrogens is 3. The van der Waals surface area contributed by atoms with Gasteiger partial charge in [0.25, 0.3) is 5.91 Å². The molecule has 0 aliphatic heterocycles. The largest absolute Gasteiger partial charge is 0.322 e. The number of benzene rings is 2. The van der Waals surface area contributed by atoms with Gasteiger partial charge in [0.15, 0.2) is 0 Å². The minimum absolute atomic E-state index is 0.301. The van der Waals surface area contributed by atoms with E-state index in [9.17, 15) is 4.79 Å². The molecule has 1 N–H and O–H groups in total. The third-order valence-corrected chi connectivity index (χ3v) is 5.56. The summed E-state index contributed by atoms with van der Waals surface area (Å²) in [7, 11) is 0. The van der Waals surface area contributed by atoms with Crippen LogP contribution in [0.1, 0.15) is 21.7 Å². The lowest BCUT2D eigenvalue weighted by molar-refractivity contribution is 0.102. The third kappa shape index (κ3) is 3.56. The average Bonchev–Trinajstić information content (AvgIpc) is 3.16. The van der Waals surface area contributed by atoms with Crippen LogP contribution in [-0.4, -0.2) is 20.7 Å². The number of nitrogens with zero attached hydrogens (tertiary/aromatic N) is 3. The number of rotatable bonds is 3. The Bertz CT molecular complexity index is 1180. The predicted molar refractivity (Wildman–Crippen MR) is 111 cm³/mol. The fourth-order valence-electron chi connectivity index (χ4n) is 2.78. The monoisotopic (exact) mass is 416 g/mol. The highest BCUT2D eigenvalue weighted by molar-refractivity contribution is 7.20. The second kappa shape index (κ2) is 6.96. The van der Waals surface area contributed by atoms with Crippen LogP contribution in [0.4, 0.5) is 5.69 Å². The Kier molecular flexibility index (Phi) is 4.63. The van der Waals surface area contributed by atoms with Crippen molar-refractivity contribution < 1.29 is 4.79 Å². The lowest BCUT2D eigenvalue weighted by atomic mass is 10.2. The molecule has 0 unspecified atom stereocenters. The Morgan fingerprint density at radius 3 is 2.63 bits per heavy atom. The Balaban J connectivity index is 1.63. The van der Waals surface area contributed by atoms with Crippen molar-refractivity contribution in [3.63, 3.8) is 0 Å². The number of aryl methyl sites for hydroxylation is 2. The van der Waals surface area contributed by atoms with Gasteiger partial charge in [-0.05, 0) is 56.3 Å². The van der Waals surface area contributed by atoms with Crippen LogP contribution in [0, 0.1) is 13.8 Å². The van der Waals surface area contributed by atoms with Crippen LogP contribution in [0.5, 0.6) is 0 Å². The maximum atomic E-state index is 12.5. The molecule has 8 heteroatoms. The lowest BCUT2D eigenvalue weighted by Gasteiger charge is -2.07. The molecule has 0 fully saturated rings. The van der Waals surface area contributed by atoms with Gasteiger partial charge < -0.3 is 5.32 Å². The summed E-state index contributed by atoms with van der Waals surface area (Å²) in [6.07, 6.45) is 0. The van der Waals surface area contributed by atoms with Crippen molar-refractivity contribution in [1.29, 1.82) is 0 Å². The highest BCUT2D eigenvalue weighted by atomic mass is 35.5. The van der Waals surface area contributed by atoms with Crippen molar-refractivity contribution >= 4 is 56.3 Å². The summed E-state index contributed by atoms with van der Waals surface area (Å²) in [5, 5.41) is 8.91. The quantitative estimate of drug-likeness (QED) is 0.468. The molecule has 2 aromatic carbocycles. The van der Waals surface area contributed by atoms with E-state index in [-0.39, 0.29) is 5.91 Å². The first-order valence-corrected chi connectivity index (χ1v) is 9.68. The van der Waals surface area contributed by atoms with Gasteiger partial charge in [-0.25, -0.2) is 9.67 Å². The highest BCUT2D eigenvalue weighted by Crippen LogP contribution is 2.28. The second-order valence-corrected chi connectivity index (χ2v) is 7.95. The number of hydrogen-bond donors (Lipinski definition) is 1. The van der Waals surface area contributed by atoms with E-state index in [2.05, 4.69) is 15.4 Å². The predicted octanol–water partition coefficient (Wildman–Crippen LogP) is 5.66. The summed E-state index contributed by atoms with van der Waals surface area (Å²) in [4.78, 5) is 17.1. The van der Waals surface area contributed by atoms with Gasteiger partial charge in [-0.2, -0.15) is 5.10 Å². The number of fused-ring (bicyclic) bond motifs is 1. The molecule has 136 valence electrons. The van der Waals surface area contributed by atoms with Crippen LogP contribution in [0.3, 0.4) is 0 Å². The molecule has 4 rings (SSSR count). The van der Waals surface area contributed by atoms with Crippen LogP contribution >= 0.6 is 34.5 Å². The Morgan fingerprint density at radius 2 is 1.93 bits per heavy atom. The third-order valence-electron chi connectivity index (χ3n) is 4.00. The standard InChI is InChI=1S/C19H14Cl2N4OS/c1-10-7-11(2)25(24-10)19-23-16-9-13(4-6-17(16)27-19)22-18(26)14-5-3-12(20)8-15(14)21/h3-9H,1-2H3,(H,22,26). The van der Waals surface area contributed by atoms with Crippen molar-refractivity contribution in [2.75, 3.05) is 5.32 Å². The number of thiazole rings is 1. The summed E-state index contributed by atoms with van der Waals surface area (Å²) in [5.41, 5.74) is 3.77. The minimum Gasteiger partial charge on any atom is -0.322 e. The zero-order valence-electron chi connectivity index (χ0n) is 14.5. The van der Waals surface area contributed by atoms with E-state index < -0.39 is 0 Å². The molecule has 0 spiro atoms. The van der Waals surface area contributed by atoms with E-state index in [1.165, 1.54) is 0 Å². The number of carbonyl (C=O) groups excluding carboxylic acids is 1. The number of hydrogen-bond acceptors (Lipinski definition) is 4. The number of anilines is 1. The van der Waals surface area contributed by atoms with Gasteiger partial charge in [0.05, 0.1) is 26.5 Å². The molecule has 0 saturated heterocycles. The fourth-order valence-corrected chi connectivity index (χ4v) is 4.23. The van der Waals surface area contributed by atoms with Gasteiger partial charge in [-0.15, -0.1) is 0 Å². The molecular formula is C19H14Cl2N4OS. The van der Waals surface area contributed by atoms with Crippen LogP contribution in [0.15, 0.2) is 42.5 Å². The van der Waals surface area contributed by atoms with Crippen LogP contribution < -0.4 is 5.32 Å². The van der Waals surface area contributed by atoms with Crippen molar-refractivity contribution in [3.8, 4) is 5.13 Å². The van der Waals surface area contributed by atoms with Crippen molar-refractivity contribution in [1.82, 2.24) is 14.8 Å². The lowest BCUT2D eigenvalue weighted by Crippen LogP contribution is -2.12. The van der Waals surface area contributed by atoms with Gasteiger partial charge in [0.1, 0.15) is 0 Å². The zero-order chi connectivity index (χ0) is 19.1. The second-order valence-electron chi connectivity index (χ2n) is 6.10. The molecule has 4 aromatic rings. The maximum absolute atomic E-state index is 12.5. The number of nitrogens with one attached hydrogen (secondary N) is 1. The van der Waals surface area contributed by atoms with Gasteiger partial charge in [0, 0.05) is 16.4 Å². The van der Waals surface area contributed by atoms with Gasteiger partial charge in [-0.1, -0.05) is 34.5 Å². The van der Waals surface area contributed by atoms with E-state index in [4.69, 9.17) is 23.2 Å². The summed E-state index contributed by atoms with van der Waals surface area (Å²) < 4.78 is 2.84. The minimum atomic E-state index is -0.301.